The van der Waals surface area contributed by atoms with E-state index in [1.807, 2.05) is 0 Å². The number of hydrogen-bond donors (Lipinski definition) is 5. The van der Waals surface area contributed by atoms with E-state index in [1.165, 1.54) is 0 Å². The lowest BCUT2D eigenvalue weighted by Gasteiger charge is -2.47. The molecule has 27 heavy (non-hydrogen) atoms. The zero-order valence-electron chi connectivity index (χ0n) is 15.7. The molecule has 8 heteroatoms. The molecular weight excluding hydrogens is 356 g/mol. The topological polar surface area (TPSA) is 137 Å². The zero-order valence-corrected chi connectivity index (χ0v) is 15.7. The van der Waals surface area contributed by atoms with Crippen LogP contribution in [0.25, 0.3) is 0 Å². The number of aliphatic hydroxyl groups is 5. The summed E-state index contributed by atoms with van der Waals surface area (Å²) >= 11 is 0. The largest absolute Gasteiger partial charge is 0.394 e. The first-order valence-corrected chi connectivity index (χ1v) is 9.44. The lowest BCUT2D eigenvalue weighted by molar-refractivity contribution is -0.309. The summed E-state index contributed by atoms with van der Waals surface area (Å²) in [7, 11) is 0. The van der Waals surface area contributed by atoms with Crippen molar-refractivity contribution in [1.82, 2.24) is 0 Å². The molecule has 0 amide bonds. The van der Waals surface area contributed by atoms with Gasteiger partial charge in [-0.3, -0.25) is 4.79 Å². The Bertz CT molecular complexity index is 601. The van der Waals surface area contributed by atoms with Crippen molar-refractivity contribution in [2.75, 3.05) is 13.2 Å². The van der Waals surface area contributed by atoms with E-state index < -0.39 is 42.9 Å². The number of ketones is 1. The van der Waals surface area contributed by atoms with Gasteiger partial charge in [-0.15, -0.1) is 0 Å². The highest BCUT2D eigenvalue weighted by atomic mass is 16.7. The molecule has 7 atom stereocenters. The van der Waals surface area contributed by atoms with Gasteiger partial charge in [0.2, 0.25) is 0 Å². The van der Waals surface area contributed by atoms with Gasteiger partial charge in [0.15, 0.2) is 12.1 Å². The average molecular weight is 386 g/mol. The van der Waals surface area contributed by atoms with Crippen LogP contribution in [0.2, 0.25) is 0 Å². The van der Waals surface area contributed by atoms with Crippen LogP contribution in [0.5, 0.6) is 0 Å². The number of fused-ring (bicyclic) bond motifs is 1. The molecule has 0 radical (unpaired) electrons. The van der Waals surface area contributed by atoms with Gasteiger partial charge in [0.25, 0.3) is 0 Å². The molecule has 1 saturated carbocycles. The van der Waals surface area contributed by atoms with Crippen LogP contribution in [-0.4, -0.2) is 80.8 Å². The van der Waals surface area contributed by atoms with Gasteiger partial charge >= 0.3 is 0 Å². The third kappa shape index (κ3) is 4.12. The number of carbonyl (C=O) groups excluding carboxylic acids is 1. The van der Waals surface area contributed by atoms with E-state index in [4.69, 9.17) is 9.47 Å². The molecule has 8 nitrogen and oxygen atoms in total. The van der Waals surface area contributed by atoms with Crippen molar-refractivity contribution in [1.29, 1.82) is 0 Å². The third-order valence-electron chi connectivity index (χ3n) is 6.16. The highest BCUT2D eigenvalue weighted by Crippen LogP contribution is 2.49. The fourth-order valence-corrected chi connectivity index (χ4v) is 4.63. The quantitative estimate of drug-likeness (QED) is 0.426. The van der Waals surface area contributed by atoms with E-state index >= 15 is 0 Å². The number of allylic oxidation sites excluding steroid dienone is 1. The Labute approximate surface area is 158 Å². The Morgan fingerprint density at radius 3 is 2.56 bits per heavy atom. The van der Waals surface area contributed by atoms with Crippen molar-refractivity contribution >= 4 is 5.78 Å². The van der Waals surface area contributed by atoms with E-state index in [0.717, 1.165) is 12.0 Å². The summed E-state index contributed by atoms with van der Waals surface area (Å²) in [5, 5.41) is 49.9. The van der Waals surface area contributed by atoms with Crippen molar-refractivity contribution in [2.24, 2.45) is 11.3 Å². The first-order valence-electron chi connectivity index (χ1n) is 9.44. The predicted molar refractivity (Wildman–Crippen MR) is 93.5 cm³/mol. The summed E-state index contributed by atoms with van der Waals surface area (Å²) in [4.78, 5) is 12.0. The van der Waals surface area contributed by atoms with Crippen LogP contribution < -0.4 is 0 Å². The second kappa shape index (κ2) is 7.51. The fourth-order valence-electron chi connectivity index (χ4n) is 4.63. The number of hydrogen-bond acceptors (Lipinski definition) is 8. The maximum absolute atomic E-state index is 12.0. The Balaban J connectivity index is 1.65. The van der Waals surface area contributed by atoms with E-state index in [2.05, 4.69) is 13.8 Å². The van der Waals surface area contributed by atoms with Crippen molar-refractivity contribution in [3.63, 3.8) is 0 Å². The summed E-state index contributed by atoms with van der Waals surface area (Å²) in [6.07, 6.45) is -3.19. The van der Waals surface area contributed by atoms with Crippen molar-refractivity contribution in [2.45, 2.75) is 75.8 Å². The second-order valence-corrected chi connectivity index (χ2v) is 8.85. The molecular formula is C19H30O8. The minimum Gasteiger partial charge on any atom is -0.394 e. The van der Waals surface area contributed by atoms with Crippen LogP contribution >= 0.6 is 0 Å². The normalized spacial score (nSPS) is 44.6. The molecule has 0 aromatic rings. The number of ether oxygens (including phenoxy) is 2. The summed E-state index contributed by atoms with van der Waals surface area (Å²) in [6, 6.07) is 0. The Kier molecular flexibility index (Phi) is 5.80. The Morgan fingerprint density at radius 2 is 1.89 bits per heavy atom. The first-order chi connectivity index (χ1) is 12.6. The predicted octanol–water partition coefficient (Wildman–Crippen LogP) is -0.740. The highest BCUT2D eigenvalue weighted by Gasteiger charge is 2.47. The maximum atomic E-state index is 12.0. The Morgan fingerprint density at radius 1 is 1.19 bits per heavy atom. The number of aliphatic hydroxyl groups excluding tert-OH is 4. The number of carbonyl (C=O) groups is 1. The van der Waals surface area contributed by atoms with E-state index in [-0.39, 0.29) is 23.7 Å². The summed E-state index contributed by atoms with van der Waals surface area (Å²) < 4.78 is 10.8. The van der Waals surface area contributed by atoms with Crippen molar-refractivity contribution in [3.05, 3.63) is 11.6 Å². The van der Waals surface area contributed by atoms with E-state index in [1.54, 1.807) is 6.08 Å². The molecule has 0 spiro atoms. The summed E-state index contributed by atoms with van der Waals surface area (Å²) in [6.45, 7) is 3.43. The molecule has 3 rings (SSSR count). The van der Waals surface area contributed by atoms with E-state index in [0.29, 0.717) is 19.3 Å². The second-order valence-electron chi connectivity index (χ2n) is 8.85. The fraction of sp³-hybridized carbons (Fsp3) is 0.842. The minimum absolute atomic E-state index is 0.0605. The van der Waals surface area contributed by atoms with Crippen LogP contribution in [-0.2, 0) is 14.3 Å². The van der Waals surface area contributed by atoms with Crippen LogP contribution in [0.4, 0.5) is 0 Å². The third-order valence-corrected chi connectivity index (χ3v) is 6.16. The smallest absolute Gasteiger partial charge is 0.186 e. The highest BCUT2D eigenvalue weighted by molar-refractivity contribution is 5.92. The molecule has 154 valence electrons. The minimum atomic E-state index is -1.52. The molecule has 0 aromatic carbocycles. The van der Waals surface area contributed by atoms with Gasteiger partial charge in [-0.2, -0.15) is 0 Å². The van der Waals surface area contributed by atoms with Gasteiger partial charge in [-0.05, 0) is 30.3 Å². The molecule has 2 aliphatic carbocycles. The molecule has 5 N–H and O–H groups in total. The Hall–Kier alpha value is -0.870. The average Bonchev–Trinajstić information content (AvgIpc) is 2.58. The molecule has 3 aliphatic rings. The lowest BCUT2D eigenvalue weighted by atomic mass is 9.60. The maximum Gasteiger partial charge on any atom is 0.186 e. The van der Waals surface area contributed by atoms with Crippen LogP contribution in [0, 0.1) is 11.3 Å². The van der Waals surface area contributed by atoms with Gasteiger partial charge < -0.3 is 35.0 Å². The molecule has 1 heterocycles. The van der Waals surface area contributed by atoms with Crippen LogP contribution in [0.15, 0.2) is 11.6 Å². The van der Waals surface area contributed by atoms with Crippen LogP contribution in [0.1, 0.15) is 39.5 Å². The molecule has 1 aliphatic heterocycles. The SMILES string of the molecule is CC1(C)CC(=O)C=C2CC(O)(COC3OC(CO)C(O)C(O)C3O)CCC21. The molecule has 7 unspecified atom stereocenters. The molecule has 2 fully saturated rings. The lowest BCUT2D eigenvalue weighted by Crippen LogP contribution is -2.59. The van der Waals surface area contributed by atoms with Crippen molar-refractivity contribution < 1.29 is 39.8 Å². The zero-order chi connectivity index (χ0) is 20.0. The molecule has 0 aromatic heterocycles. The monoisotopic (exact) mass is 386 g/mol. The van der Waals surface area contributed by atoms with E-state index in [9.17, 15) is 30.3 Å². The standard InChI is InChI=1S/C19H30O8/c1-18(2)7-11(21)5-10-6-19(25,4-3-12(10)18)9-26-17-16(24)15(23)14(22)13(8-20)27-17/h5,12-17,20,22-25H,3-4,6-9H2,1-2H3. The first kappa shape index (κ1) is 20.9. The van der Waals surface area contributed by atoms with Gasteiger partial charge in [0, 0.05) is 12.8 Å². The van der Waals surface area contributed by atoms with Gasteiger partial charge in [-0.25, -0.2) is 0 Å². The molecule has 0 bridgehead atoms. The van der Waals surface area contributed by atoms with Gasteiger partial charge in [0.1, 0.15) is 24.4 Å². The van der Waals surface area contributed by atoms with Crippen LogP contribution in [0.3, 0.4) is 0 Å². The van der Waals surface area contributed by atoms with Crippen molar-refractivity contribution in [3.8, 4) is 0 Å². The molecule has 1 saturated heterocycles. The summed E-state index contributed by atoms with van der Waals surface area (Å²) in [5.41, 5.74) is -0.433. The van der Waals surface area contributed by atoms with Gasteiger partial charge in [0.05, 0.1) is 18.8 Å². The number of rotatable bonds is 4. The summed E-state index contributed by atoms with van der Waals surface area (Å²) in [5.74, 6) is 0.299. The van der Waals surface area contributed by atoms with Gasteiger partial charge in [-0.1, -0.05) is 19.4 Å².